The lowest BCUT2D eigenvalue weighted by molar-refractivity contribution is -0.161. The molecule has 7 atom stereocenters. The quantitative estimate of drug-likeness (QED) is 0.0222. The second-order valence-electron chi connectivity index (χ2n) is 26.0. The van der Waals surface area contributed by atoms with Crippen LogP contribution in [0.25, 0.3) is 0 Å². The predicted molar refractivity (Wildman–Crippen MR) is 349 cm³/mol. The molecule has 0 rings (SSSR count). The number of carbonyl (C=O) groups excluding carboxylic acids is 4. The fourth-order valence-corrected chi connectivity index (χ4v) is 11.7. The van der Waals surface area contributed by atoms with Gasteiger partial charge in [0.2, 0.25) is 0 Å². The molecule has 0 saturated heterocycles. The van der Waals surface area contributed by atoms with E-state index >= 15 is 0 Å². The van der Waals surface area contributed by atoms with Crippen LogP contribution in [0.15, 0.2) is 0 Å². The van der Waals surface area contributed by atoms with Gasteiger partial charge in [0.05, 0.1) is 26.4 Å². The second-order valence-corrected chi connectivity index (χ2v) is 28.9. The Labute approximate surface area is 530 Å². The molecule has 0 fully saturated rings. The van der Waals surface area contributed by atoms with Gasteiger partial charge in [-0.3, -0.25) is 37.3 Å². The average molecular weight is 1280 g/mol. The molecule has 0 aromatic heterocycles. The molecule has 17 nitrogen and oxygen atoms in total. The van der Waals surface area contributed by atoms with Crippen molar-refractivity contribution in [2.24, 2.45) is 23.7 Å². The molecular weight excluding hydrogens is 1150 g/mol. The van der Waals surface area contributed by atoms with E-state index in [0.717, 1.165) is 120 Å². The van der Waals surface area contributed by atoms with Gasteiger partial charge in [-0.05, 0) is 49.4 Å². The zero-order valence-corrected chi connectivity index (χ0v) is 58.4. The van der Waals surface area contributed by atoms with Gasteiger partial charge < -0.3 is 33.8 Å². The van der Waals surface area contributed by atoms with Crippen molar-refractivity contribution >= 4 is 39.5 Å². The van der Waals surface area contributed by atoms with E-state index in [1.54, 1.807) is 0 Å². The first-order chi connectivity index (χ1) is 41.7. The molecule has 0 radical (unpaired) electrons. The topological polar surface area (TPSA) is 237 Å². The van der Waals surface area contributed by atoms with Gasteiger partial charge >= 0.3 is 39.5 Å². The van der Waals surface area contributed by atoms with Crippen molar-refractivity contribution in [3.05, 3.63) is 0 Å². The van der Waals surface area contributed by atoms with E-state index in [1.165, 1.54) is 122 Å². The summed E-state index contributed by atoms with van der Waals surface area (Å²) in [4.78, 5) is 72.3. The Morgan fingerprint density at radius 1 is 0.322 bits per heavy atom. The molecule has 0 heterocycles. The molecule has 0 bridgehead atoms. The van der Waals surface area contributed by atoms with E-state index in [-0.39, 0.29) is 25.7 Å². The van der Waals surface area contributed by atoms with Crippen molar-refractivity contribution < 1.29 is 80.2 Å². The number of esters is 4. The lowest BCUT2D eigenvalue weighted by atomic mass is 10.00. The number of carbonyl (C=O) groups is 4. The fourth-order valence-electron chi connectivity index (χ4n) is 10.1. The minimum atomic E-state index is -4.95. The number of aliphatic hydroxyl groups is 1. The largest absolute Gasteiger partial charge is 0.472 e. The van der Waals surface area contributed by atoms with Crippen LogP contribution in [0.4, 0.5) is 0 Å². The monoisotopic (exact) mass is 1280 g/mol. The number of unbranched alkanes of at least 4 members (excludes halogenated alkanes) is 29. The summed E-state index contributed by atoms with van der Waals surface area (Å²) in [5.41, 5.74) is 0. The van der Waals surface area contributed by atoms with Crippen LogP contribution in [0.5, 0.6) is 0 Å². The Morgan fingerprint density at radius 3 is 0.816 bits per heavy atom. The number of hydrogen-bond acceptors (Lipinski definition) is 15. The van der Waals surface area contributed by atoms with Crippen LogP contribution in [-0.2, 0) is 65.4 Å². The minimum Gasteiger partial charge on any atom is -0.462 e. The molecule has 87 heavy (non-hydrogen) atoms. The van der Waals surface area contributed by atoms with Crippen LogP contribution in [0, 0.1) is 23.7 Å². The van der Waals surface area contributed by atoms with Gasteiger partial charge in [0.15, 0.2) is 12.2 Å². The zero-order chi connectivity index (χ0) is 64.7. The van der Waals surface area contributed by atoms with Crippen molar-refractivity contribution in [2.45, 2.75) is 350 Å². The molecule has 0 aromatic carbocycles. The summed E-state index contributed by atoms with van der Waals surface area (Å²) in [5.74, 6) is 0.795. The highest BCUT2D eigenvalue weighted by Gasteiger charge is 2.30. The highest BCUT2D eigenvalue weighted by Crippen LogP contribution is 2.45. The molecule has 0 aromatic rings. The van der Waals surface area contributed by atoms with E-state index in [0.29, 0.717) is 31.6 Å². The highest BCUT2D eigenvalue weighted by molar-refractivity contribution is 7.47. The van der Waals surface area contributed by atoms with Crippen molar-refractivity contribution in [3.8, 4) is 0 Å². The maximum absolute atomic E-state index is 13.0. The molecule has 0 aliphatic rings. The summed E-state index contributed by atoms with van der Waals surface area (Å²) in [6, 6.07) is 0. The van der Waals surface area contributed by atoms with Gasteiger partial charge in [0.25, 0.3) is 0 Å². The Hall–Kier alpha value is -1.94. The summed E-state index contributed by atoms with van der Waals surface area (Å²) in [7, 11) is -9.90. The molecule has 0 aliphatic carbocycles. The number of rotatable bonds is 65. The van der Waals surface area contributed by atoms with Gasteiger partial charge in [-0.25, -0.2) is 9.13 Å². The molecular formula is C68H132O17P2. The van der Waals surface area contributed by atoms with E-state index in [9.17, 15) is 43.2 Å². The molecule has 516 valence electrons. The maximum Gasteiger partial charge on any atom is 0.472 e. The van der Waals surface area contributed by atoms with Crippen LogP contribution in [0.2, 0.25) is 0 Å². The lowest BCUT2D eigenvalue weighted by Crippen LogP contribution is -2.30. The van der Waals surface area contributed by atoms with Crippen LogP contribution < -0.4 is 0 Å². The molecule has 5 unspecified atom stereocenters. The van der Waals surface area contributed by atoms with Gasteiger partial charge in [0, 0.05) is 25.7 Å². The Balaban J connectivity index is 5.20. The smallest absolute Gasteiger partial charge is 0.462 e. The third-order valence-electron chi connectivity index (χ3n) is 16.3. The van der Waals surface area contributed by atoms with E-state index in [1.807, 2.05) is 0 Å². The Bertz CT molecular complexity index is 1730. The maximum atomic E-state index is 13.0. The van der Waals surface area contributed by atoms with E-state index in [2.05, 4.69) is 55.4 Å². The van der Waals surface area contributed by atoms with Crippen molar-refractivity contribution in [3.63, 3.8) is 0 Å². The lowest BCUT2D eigenvalue weighted by Gasteiger charge is -2.21. The van der Waals surface area contributed by atoms with Crippen molar-refractivity contribution in [1.82, 2.24) is 0 Å². The summed E-state index contributed by atoms with van der Waals surface area (Å²) in [5, 5.41) is 10.6. The van der Waals surface area contributed by atoms with Crippen LogP contribution >= 0.6 is 15.6 Å². The average Bonchev–Trinajstić information content (AvgIpc) is 3.56. The second kappa shape index (κ2) is 57.9. The van der Waals surface area contributed by atoms with E-state index in [4.69, 9.17) is 37.0 Å². The first kappa shape index (κ1) is 85.1. The molecule has 0 saturated carbocycles. The molecule has 3 N–H and O–H groups in total. The van der Waals surface area contributed by atoms with Gasteiger partial charge in [0.1, 0.15) is 19.3 Å². The van der Waals surface area contributed by atoms with Gasteiger partial charge in [-0.2, -0.15) is 0 Å². The Morgan fingerprint density at radius 2 is 0.552 bits per heavy atom. The number of aliphatic hydroxyl groups excluding tert-OH is 1. The van der Waals surface area contributed by atoms with Crippen molar-refractivity contribution in [2.75, 3.05) is 39.6 Å². The third-order valence-corrected chi connectivity index (χ3v) is 18.2. The van der Waals surface area contributed by atoms with Crippen LogP contribution in [-0.4, -0.2) is 96.7 Å². The summed E-state index contributed by atoms with van der Waals surface area (Å²) in [6.45, 7) is 14.0. The molecule has 0 aliphatic heterocycles. The van der Waals surface area contributed by atoms with Gasteiger partial charge in [-0.1, -0.05) is 280 Å². The summed E-state index contributed by atoms with van der Waals surface area (Å²) >= 11 is 0. The number of phosphoric ester groups is 2. The highest BCUT2D eigenvalue weighted by atomic mass is 31.2. The number of hydrogen-bond donors (Lipinski definition) is 3. The third kappa shape index (κ3) is 60.1. The number of phosphoric acid groups is 2. The minimum absolute atomic E-state index is 0.101. The van der Waals surface area contributed by atoms with Crippen molar-refractivity contribution in [1.29, 1.82) is 0 Å². The van der Waals surface area contributed by atoms with Crippen LogP contribution in [0.3, 0.4) is 0 Å². The molecule has 19 heteroatoms. The SMILES string of the molecule is CCC(C)CCCCCCCCC(=O)OC[C@H](COP(=O)(O)OCC(O)COP(=O)(O)OC[C@@H](COC(=O)CCCCCCCCC(C)C)OC(=O)CCCCCCCCCCCCCCCCCC(C)C)OC(=O)CCCCCCCCC(C)CC. The number of ether oxygens (including phenoxy) is 4. The van der Waals surface area contributed by atoms with Gasteiger partial charge in [-0.15, -0.1) is 0 Å². The molecule has 0 spiro atoms. The molecule has 0 amide bonds. The normalized spacial score (nSPS) is 15.0. The first-order valence-corrected chi connectivity index (χ1v) is 38.3. The van der Waals surface area contributed by atoms with E-state index < -0.39 is 97.5 Å². The predicted octanol–water partition coefficient (Wildman–Crippen LogP) is 18.9. The summed E-state index contributed by atoms with van der Waals surface area (Å²) < 4.78 is 68.1. The fraction of sp³-hybridized carbons (Fsp3) is 0.941. The Kier molecular flexibility index (Phi) is 56.6. The summed E-state index contributed by atoms with van der Waals surface area (Å²) in [6.07, 6.45) is 39.2. The van der Waals surface area contributed by atoms with Crippen LogP contribution in [0.1, 0.15) is 331 Å². The standard InChI is InChI=1S/C68H132O17P2/c1-9-60(7)46-38-30-23-26-33-41-49-66(71)79-55-64(85-68(73)51-43-35-27-24-31-39-47-61(8)10-2)57-83-87(76,77)81-53-62(69)52-80-86(74,75)82-56-63(54-78-65(70)48-40-32-25-22-29-37-45-59(5)6)84-67(72)50-42-34-21-19-17-15-13-11-12-14-16-18-20-28-36-44-58(3)4/h58-64,69H,9-57H2,1-8H3,(H,74,75)(H,76,77)/t60?,61?,62?,63-,64-/m1/s1. The zero-order valence-electron chi connectivity index (χ0n) is 56.6. The first-order valence-electron chi connectivity index (χ1n) is 35.3.